The summed E-state index contributed by atoms with van der Waals surface area (Å²) in [4.78, 5) is 15.0. The summed E-state index contributed by atoms with van der Waals surface area (Å²) in [6.07, 6.45) is 11.2. The molecule has 0 heterocycles. The van der Waals surface area contributed by atoms with Crippen LogP contribution in [0, 0.1) is 0 Å². The Labute approximate surface area is 108 Å². The van der Waals surface area contributed by atoms with Gasteiger partial charge in [-0.3, -0.25) is 4.79 Å². The van der Waals surface area contributed by atoms with Crippen molar-refractivity contribution >= 4 is 17.6 Å². The standard InChI is InChI=1S/C13H19ClN2O/c1-11(7-3-6-10-15)12(17)13(16-14)8-4-2-5-9-13/h3,6-7,10,16H,1-2,4-5,8-9,15H2/b7-3-,10-6-. The highest BCUT2D eigenvalue weighted by atomic mass is 35.5. The van der Waals surface area contributed by atoms with E-state index in [1.54, 1.807) is 18.2 Å². The van der Waals surface area contributed by atoms with Gasteiger partial charge < -0.3 is 5.73 Å². The molecular formula is C13H19ClN2O. The van der Waals surface area contributed by atoms with E-state index in [1.807, 2.05) is 0 Å². The zero-order chi connectivity index (χ0) is 12.7. The summed E-state index contributed by atoms with van der Waals surface area (Å²) in [5.74, 6) is -0.0196. The number of allylic oxidation sites excluding steroid dienone is 3. The third-order valence-corrected chi connectivity index (χ3v) is 3.50. The number of nitrogens with two attached hydrogens (primary N) is 1. The minimum Gasteiger partial charge on any atom is -0.405 e. The van der Waals surface area contributed by atoms with E-state index in [0.717, 1.165) is 32.1 Å². The van der Waals surface area contributed by atoms with Gasteiger partial charge in [0, 0.05) is 5.57 Å². The topological polar surface area (TPSA) is 55.1 Å². The zero-order valence-corrected chi connectivity index (χ0v) is 10.7. The molecule has 0 bridgehead atoms. The van der Waals surface area contributed by atoms with Crippen molar-refractivity contribution in [1.29, 1.82) is 0 Å². The van der Waals surface area contributed by atoms with Crippen LogP contribution in [0.15, 0.2) is 36.6 Å². The first-order valence-corrected chi connectivity index (χ1v) is 6.20. The Balaban J connectivity index is 2.75. The van der Waals surface area contributed by atoms with Crippen molar-refractivity contribution in [3.63, 3.8) is 0 Å². The first kappa shape index (κ1) is 14.0. The van der Waals surface area contributed by atoms with Crippen molar-refractivity contribution < 1.29 is 4.79 Å². The van der Waals surface area contributed by atoms with Crippen molar-refractivity contribution in [2.75, 3.05) is 0 Å². The number of carbonyl (C=O) groups excluding carboxylic acids is 1. The fourth-order valence-corrected chi connectivity index (χ4v) is 2.41. The summed E-state index contributed by atoms with van der Waals surface area (Å²) in [6.45, 7) is 3.78. The molecule has 0 aliphatic heterocycles. The van der Waals surface area contributed by atoms with Gasteiger partial charge in [0.15, 0.2) is 5.78 Å². The molecule has 4 heteroatoms. The van der Waals surface area contributed by atoms with Crippen LogP contribution in [0.1, 0.15) is 32.1 Å². The van der Waals surface area contributed by atoms with E-state index in [2.05, 4.69) is 11.4 Å². The van der Waals surface area contributed by atoms with Crippen LogP contribution < -0.4 is 10.6 Å². The predicted octanol–water partition coefficient (Wildman–Crippen LogP) is 2.59. The lowest BCUT2D eigenvalue weighted by atomic mass is 9.77. The van der Waals surface area contributed by atoms with Gasteiger partial charge in [0.2, 0.25) is 0 Å². The van der Waals surface area contributed by atoms with E-state index in [-0.39, 0.29) is 5.78 Å². The van der Waals surface area contributed by atoms with Crippen LogP contribution >= 0.6 is 11.8 Å². The Morgan fingerprint density at radius 3 is 2.47 bits per heavy atom. The quantitative estimate of drug-likeness (QED) is 0.450. The number of nitrogens with one attached hydrogen (secondary N) is 1. The molecule has 1 rings (SSSR count). The lowest BCUT2D eigenvalue weighted by Crippen LogP contribution is -2.49. The van der Waals surface area contributed by atoms with Crippen molar-refractivity contribution in [2.45, 2.75) is 37.6 Å². The zero-order valence-electron chi connectivity index (χ0n) is 9.92. The van der Waals surface area contributed by atoms with Crippen LogP contribution in [0.25, 0.3) is 0 Å². The van der Waals surface area contributed by atoms with Gasteiger partial charge in [-0.1, -0.05) is 38.0 Å². The van der Waals surface area contributed by atoms with E-state index in [0.29, 0.717) is 5.57 Å². The molecule has 0 spiro atoms. The van der Waals surface area contributed by atoms with Crippen LogP contribution in [0.4, 0.5) is 0 Å². The highest BCUT2D eigenvalue weighted by Crippen LogP contribution is 2.31. The Bertz CT molecular complexity index is 341. The number of hydrogen-bond acceptors (Lipinski definition) is 3. The first-order chi connectivity index (χ1) is 8.16. The number of ketones is 1. The van der Waals surface area contributed by atoms with Gasteiger partial charge in [0.25, 0.3) is 0 Å². The van der Waals surface area contributed by atoms with Gasteiger partial charge in [0.1, 0.15) is 0 Å². The van der Waals surface area contributed by atoms with Crippen molar-refractivity contribution in [3.8, 4) is 0 Å². The number of carbonyl (C=O) groups is 1. The van der Waals surface area contributed by atoms with Gasteiger partial charge in [-0.25, -0.2) is 4.84 Å². The Hall–Kier alpha value is -1.06. The van der Waals surface area contributed by atoms with Crippen LogP contribution in [-0.2, 0) is 4.79 Å². The summed E-state index contributed by atoms with van der Waals surface area (Å²) in [5.41, 5.74) is 5.03. The Morgan fingerprint density at radius 1 is 1.29 bits per heavy atom. The van der Waals surface area contributed by atoms with Crippen molar-refractivity contribution in [1.82, 2.24) is 4.84 Å². The molecule has 1 saturated carbocycles. The molecule has 17 heavy (non-hydrogen) atoms. The highest BCUT2D eigenvalue weighted by Gasteiger charge is 2.39. The fourth-order valence-electron chi connectivity index (χ4n) is 2.14. The third kappa shape index (κ3) is 3.45. The van der Waals surface area contributed by atoms with Crippen molar-refractivity contribution in [2.24, 2.45) is 5.73 Å². The molecule has 1 fully saturated rings. The molecule has 0 aromatic rings. The van der Waals surface area contributed by atoms with E-state index < -0.39 is 5.54 Å². The molecule has 3 nitrogen and oxygen atoms in total. The molecule has 94 valence electrons. The van der Waals surface area contributed by atoms with Gasteiger partial charge in [-0.05, 0) is 36.9 Å². The van der Waals surface area contributed by atoms with E-state index in [1.165, 1.54) is 6.20 Å². The second-order valence-electron chi connectivity index (χ2n) is 4.34. The van der Waals surface area contributed by atoms with Gasteiger partial charge in [-0.2, -0.15) is 0 Å². The molecule has 0 radical (unpaired) electrons. The van der Waals surface area contributed by atoms with Crippen LogP contribution in [0.5, 0.6) is 0 Å². The van der Waals surface area contributed by atoms with E-state index >= 15 is 0 Å². The number of hydrogen-bond donors (Lipinski definition) is 2. The molecule has 0 aromatic carbocycles. The lowest BCUT2D eigenvalue weighted by molar-refractivity contribution is -0.121. The average Bonchev–Trinajstić information content (AvgIpc) is 2.38. The second-order valence-corrected chi connectivity index (χ2v) is 4.52. The minimum atomic E-state index is -0.631. The minimum absolute atomic E-state index is 0.0196. The molecule has 1 aliphatic rings. The number of rotatable bonds is 5. The smallest absolute Gasteiger partial charge is 0.183 e. The van der Waals surface area contributed by atoms with Gasteiger partial charge in [0.05, 0.1) is 5.54 Å². The average molecular weight is 255 g/mol. The molecule has 1 aliphatic carbocycles. The van der Waals surface area contributed by atoms with Gasteiger partial charge >= 0.3 is 0 Å². The van der Waals surface area contributed by atoms with Crippen molar-refractivity contribution in [3.05, 3.63) is 36.6 Å². The molecule has 0 saturated heterocycles. The monoisotopic (exact) mass is 254 g/mol. The Kier molecular flexibility index (Phi) is 5.45. The summed E-state index contributed by atoms with van der Waals surface area (Å²) >= 11 is 5.77. The molecular weight excluding hydrogens is 236 g/mol. The molecule has 0 atom stereocenters. The fraction of sp³-hybridized carbons (Fsp3) is 0.462. The van der Waals surface area contributed by atoms with Crippen LogP contribution in [0.3, 0.4) is 0 Å². The number of Topliss-reactive ketones (excluding diaryl/α,β-unsaturated/α-hetero) is 1. The molecule has 0 aromatic heterocycles. The predicted molar refractivity (Wildman–Crippen MR) is 71.4 cm³/mol. The summed E-state index contributed by atoms with van der Waals surface area (Å²) < 4.78 is 0. The Morgan fingerprint density at radius 2 is 1.94 bits per heavy atom. The summed E-state index contributed by atoms with van der Waals surface area (Å²) in [7, 11) is 0. The summed E-state index contributed by atoms with van der Waals surface area (Å²) in [5, 5.41) is 0. The maximum absolute atomic E-state index is 12.3. The molecule has 0 unspecified atom stereocenters. The summed E-state index contributed by atoms with van der Waals surface area (Å²) in [6, 6.07) is 0. The lowest BCUT2D eigenvalue weighted by Gasteiger charge is -2.34. The van der Waals surface area contributed by atoms with E-state index in [9.17, 15) is 4.79 Å². The second kappa shape index (κ2) is 6.62. The normalized spacial score (nSPS) is 19.8. The highest BCUT2D eigenvalue weighted by molar-refractivity contribution is 6.17. The third-order valence-electron chi connectivity index (χ3n) is 3.13. The largest absolute Gasteiger partial charge is 0.405 e. The van der Waals surface area contributed by atoms with Crippen LogP contribution in [-0.4, -0.2) is 11.3 Å². The molecule has 0 amide bonds. The number of halogens is 1. The first-order valence-electron chi connectivity index (χ1n) is 5.83. The SMILES string of the molecule is C=C(/C=C\C=C/N)C(=O)C1(NCl)CCCCC1. The van der Waals surface area contributed by atoms with Gasteiger partial charge in [-0.15, -0.1) is 0 Å². The van der Waals surface area contributed by atoms with E-state index in [4.69, 9.17) is 17.5 Å². The maximum Gasteiger partial charge on any atom is 0.183 e. The maximum atomic E-state index is 12.3. The van der Waals surface area contributed by atoms with Crippen LogP contribution in [0.2, 0.25) is 0 Å². The molecule has 3 N–H and O–H groups in total.